The summed E-state index contributed by atoms with van der Waals surface area (Å²) in [6, 6.07) is 4.34. The van der Waals surface area contributed by atoms with Crippen LogP contribution in [0.2, 0.25) is 0 Å². The molecule has 0 bridgehead atoms. The van der Waals surface area contributed by atoms with Crippen molar-refractivity contribution >= 4 is 62.4 Å². The van der Waals surface area contributed by atoms with Crippen LogP contribution >= 0.6 is 0 Å². The summed E-state index contributed by atoms with van der Waals surface area (Å²) in [6.07, 6.45) is 3.87. The number of carboxylic acid groups (broad SMARTS) is 1. The fourth-order valence-corrected chi connectivity index (χ4v) is 10.7. The summed E-state index contributed by atoms with van der Waals surface area (Å²) in [4.78, 5) is 105. The molecule has 3 atom stereocenters. The largest absolute Gasteiger partial charge is 0.494 e. The molecule has 5 rings (SSSR count). The Morgan fingerprint density at radius 3 is 2.06 bits per heavy atom. The molecule has 11 N–H and O–H groups in total. The average Bonchev–Trinajstić information content (AvgIpc) is 3.75. The number of anilines is 1. The SMILES string of the molecule is [CH]N1CCN([CH])CCN(CC(O)O)CCN(CC(=O)NC(CC)C(=O)NC(CC)C(=O)NCCNC(=O)CCCOc2cc(C)c(S(=O)(=O)NC(CNC(=O)c3cn(C)c4cc(CNc5ncc[nH]5)ccc4c3=O)C(=O)O)c(C)c2)CC1. The second-order valence-corrected chi connectivity index (χ2v) is 21.6. The van der Waals surface area contributed by atoms with Crippen molar-refractivity contribution in [3.05, 3.63) is 95.5 Å². The van der Waals surface area contributed by atoms with Gasteiger partial charge >= 0.3 is 5.97 Å². The number of ether oxygens (including phenoxy) is 1. The number of amides is 5. The number of β-amino-alcohol motifs (C(OH)–C–C–N with tert-alkyl or cyclic N) is 2. The first-order valence-corrected chi connectivity index (χ1v) is 28.5. The van der Waals surface area contributed by atoms with Crippen LogP contribution in [0, 0.1) is 27.9 Å². The van der Waals surface area contributed by atoms with Crippen molar-refractivity contribution in [3.8, 4) is 5.75 Å². The molecule has 0 aliphatic carbocycles. The molecule has 3 unspecified atom stereocenters. The van der Waals surface area contributed by atoms with E-state index in [1.54, 1.807) is 65.9 Å². The van der Waals surface area contributed by atoms with Gasteiger partial charge in [-0.1, -0.05) is 19.9 Å². The van der Waals surface area contributed by atoms with Gasteiger partial charge in [-0.2, -0.15) is 4.72 Å². The standard InChI is InChI=1S/C54H78N14O13S/c1-8-41(62-52(76)42(9-2)61-46(70)33-67-22-20-64(5)18-19-65(6)21-23-68(25-24-67)34-47(71)72)51(75)56-15-14-55-45(69)11-10-26-81-38-27-35(3)49(36(4)28-38)82(79,80)63-43(53(77)78)31-59-50(74)40-32-66(7)44-29-37(12-13-39(44)48(40)73)30-60-54-57-16-17-58-54/h5-6,12-13,16-17,27-29,32,41-43,47,63,71-72H,8-11,14-15,18-26,30-31,33-34H2,1-4,7H3,(H,55,69)(H,56,75)(H,59,74)(H,61,70)(H,62,76)(H,77,78)(H2,57,58,60). The highest BCUT2D eigenvalue weighted by atomic mass is 32.2. The molecule has 3 heterocycles. The molecule has 1 fully saturated rings. The van der Waals surface area contributed by atoms with Gasteiger partial charge in [-0.15, -0.1) is 0 Å². The number of carboxylic acids is 1. The number of aliphatic hydroxyl groups is 2. The lowest BCUT2D eigenvalue weighted by Gasteiger charge is -2.32. The van der Waals surface area contributed by atoms with Crippen molar-refractivity contribution in [1.29, 1.82) is 0 Å². The molecule has 2 aromatic carbocycles. The van der Waals surface area contributed by atoms with Gasteiger partial charge in [0.2, 0.25) is 39.1 Å². The van der Waals surface area contributed by atoms with Crippen LogP contribution in [0.5, 0.6) is 5.75 Å². The van der Waals surface area contributed by atoms with E-state index in [-0.39, 0.29) is 91.3 Å². The summed E-state index contributed by atoms with van der Waals surface area (Å²) in [5.41, 5.74) is 0.979. The monoisotopic (exact) mass is 1160 g/mol. The minimum atomic E-state index is -4.50. The van der Waals surface area contributed by atoms with Crippen molar-refractivity contribution in [2.45, 2.75) is 89.2 Å². The number of imidazole rings is 1. The quantitative estimate of drug-likeness (QED) is 0.0233. The molecule has 1 aliphatic heterocycles. The number of aromatic nitrogens is 3. The number of benzene rings is 2. The van der Waals surface area contributed by atoms with Gasteiger partial charge in [0.1, 0.15) is 29.4 Å². The number of aliphatic hydroxyl groups excluding tert-OH is 1. The molecule has 4 aromatic rings. The molecule has 0 spiro atoms. The number of nitrogens with one attached hydrogen (secondary N) is 8. The number of hydrogen-bond acceptors (Lipinski definition) is 18. The fraction of sp³-hybridized carbons (Fsp3) is 0.519. The summed E-state index contributed by atoms with van der Waals surface area (Å²) in [7, 11) is 9.37. The third-order valence-electron chi connectivity index (χ3n) is 13.5. The molecule has 0 saturated carbocycles. The number of pyridine rings is 1. The molecule has 448 valence electrons. The van der Waals surface area contributed by atoms with Crippen molar-refractivity contribution < 1.29 is 57.2 Å². The maximum atomic E-state index is 13.7. The number of carbonyl (C=O) groups excluding carboxylic acids is 5. The minimum Gasteiger partial charge on any atom is -0.494 e. The first kappa shape index (κ1) is 65.8. The maximum absolute atomic E-state index is 13.7. The van der Waals surface area contributed by atoms with E-state index < -0.39 is 76.0 Å². The fourth-order valence-electron chi connectivity index (χ4n) is 9.02. The Bertz CT molecular complexity index is 2950. The van der Waals surface area contributed by atoms with Crippen LogP contribution in [-0.4, -0.2) is 209 Å². The van der Waals surface area contributed by atoms with Gasteiger partial charge in [0.05, 0.1) is 23.6 Å². The van der Waals surface area contributed by atoms with Gasteiger partial charge in [0, 0.05) is 137 Å². The Balaban J connectivity index is 1.02. The van der Waals surface area contributed by atoms with Crippen LogP contribution < -0.4 is 46.8 Å². The van der Waals surface area contributed by atoms with Crippen LogP contribution in [0.4, 0.5) is 5.95 Å². The number of H-pyrrole nitrogens is 1. The minimum absolute atomic E-state index is 0.00158. The Hall–Kier alpha value is -7.05. The van der Waals surface area contributed by atoms with E-state index in [1.807, 2.05) is 9.80 Å². The Kier molecular flexibility index (Phi) is 25.6. The van der Waals surface area contributed by atoms with Crippen molar-refractivity contribution in [1.82, 2.24) is 65.4 Å². The third-order valence-corrected chi connectivity index (χ3v) is 15.3. The number of aryl methyl sites for hydroxylation is 3. The predicted molar refractivity (Wildman–Crippen MR) is 303 cm³/mol. The third kappa shape index (κ3) is 20.4. The zero-order valence-corrected chi connectivity index (χ0v) is 47.9. The van der Waals surface area contributed by atoms with E-state index in [0.29, 0.717) is 76.1 Å². The number of hydrogen-bond donors (Lipinski definition) is 11. The Morgan fingerprint density at radius 2 is 1.43 bits per heavy atom. The summed E-state index contributed by atoms with van der Waals surface area (Å²) in [6.45, 7) is 9.88. The normalized spacial score (nSPS) is 15.6. The smallest absolute Gasteiger partial charge is 0.323 e. The second-order valence-electron chi connectivity index (χ2n) is 20.0. The van der Waals surface area contributed by atoms with Gasteiger partial charge < -0.3 is 61.5 Å². The zero-order chi connectivity index (χ0) is 60.1. The van der Waals surface area contributed by atoms with E-state index in [0.717, 1.165) is 5.56 Å². The highest BCUT2D eigenvalue weighted by molar-refractivity contribution is 7.89. The van der Waals surface area contributed by atoms with Crippen LogP contribution in [0.1, 0.15) is 66.6 Å². The summed E-state index contributed by atoms with van der Waals surface area (Å²) < 4.78 is 36.9. The average molecular weight is 1160 g/mol. The molecule has 28 heteroatoms. The molecule has 82 heavy (non-hydrogen) atoms. The first-order valence-electron chi connectivity index (χ1n) is 27.1. The molecule has 4 radical (unpaired) electrons. The summed E-state index contributed by atoms with van der Waals surface area (Å²) in [5.74, 6) is -3.38. The van der Waals surface area contributed by atoms with Crippen molar-refractivity contribution in [2.75, 3.05) is 97.0 Å². The number of aromatic amines is 1. The van der Waals surface area contributed by atoms with E-state index in [2.05, 4.69) is 46.6 Å². The number of fused-ring (bicyclic) bond motifs is 1. The second kappa shape index (κ2) is 32.0. The van der Waals surface area contributed by atoms with Gasteiger partial charge in [0.25, 0.3) is 5.91 Å². The highest BCUT2D eigenvalue weighted by Crippen LogP contribution is 2.26. The van der Waals surface area contributed by atoms with Crippen molar-refractivity contribution in [2.24, 2.45) is 7.05 Å². The van der Waals surface area contributed by atoms with Crippen LogP contribution in [-0.2, 0) is 47.6 Å². The van der Waals surface area contributed by atoms with Crippen molar-refractivity contribution in [3.63, 3.8) is 0 Å². The number of aliphatic carboxylic acids is 1. The maximum Gasteiger partial charge on any atom is 0.323 e. The van der Waals surface area contributed by atoms with Gasteiger partial charge in [-0.3, -0.25) is 53.2 Å². The molecule has 1 saturated heterocycles. The zero-order valence-electron chi connectivity index (χ0n) is 47.0. The number of carbonyl (C=O) groups is 6. The lowest BCUT2D eigenvalue weighted by atomic mass is 10.1. The van der Waals surface area contributed by atoms with E-state index in [1.165, 1.54) is 32.2 Å². The van der Waals surface area contributed by atoms with Gasteiger partial charge in [-0.05, 0) is 74.1 Å². The molecular weight excluding hydrogens is 1080 g/mol. The van der Waals surface area contributed by atoms with Gasteiger partial charge in [-0.25, -0.2) is 13.4 Å². The van der Waals surface area contributed by atoms with E-state index >= 15 is 0 Å². The molecule has 1 aliphatic rings. The summed E-state index contributed by atoms with van der Waals surface area (Å²) >= 11 is 0. The van der Waals surface area contributed by atoms with Crippen LogP contribution in [0.25, 0.3) is 10.9 Å². The Morgan fingerprint density at radius 1 is 0.805 bits per heavy atom. The van der Waals surface area contributed by atoms with Gasteiger partial charge in [0.15, 0.2) is 12.2 Å². The summed E-state index contributed by atoms with van der Waals surface area (Å²) in [5, 5.41) is 45.8. The lowest BCUT2D eigenvalue weighted by molar-refractivity contribution is -0.138. The molecule has 5 amide bonds. The molecule has 2 aromatic heterocycles. The molecule has 27 nitrogen and oxygen atoms in total. The number of nitrogens with zero attached hydrogens (tertiary/aromatic N) is 6. The topological polar surface area (TPSA) is 354 Å². The lowest BCUT2D eigenvalue weighted by Crippen LogP contribution is -2.55. The van der Waals surface area contributed by atoms with Crippen LogP contribution in [0.3, 0.4) is 0 Å². The Labute approximate surface area is 477 Å². The number of rotatable bonds is 28. The first-order chi connectivity index (χ1) is 39.0. The predicted octanol–water partition coefficient (Wildman–Crippen LogP) is -1.30. The molecular formula is C54H78N14O13S. The van der Waals surface area contributed by atoms with Crippen LogP contribution in [0.15, 0.2) is 58.6 Å². The van der Waals surface area contributed by atoms with E-state index in [4.69, 9.17) is 18.8 Å². The van der Waals surface area contributed by atoms with E-state index in [9.17, 15) is 57.3 Å². The number of sulfonamides is 1. The highest BCUT2D eigenvalue weighted by Gasteiger charge is 2.30.